The highest BCUT2D eigenvalue weighted by molar-refractivity contribution is 14.1. The second kappa shape index (κ2) is 3.88. The molecular weight excluding hydrogens is 243 g/mol. The van der Waals surface area contributed by atoms with E-state index in [0.29, 0.717) is 5.41 Å². The zero-order chi connectivity index (χ0) is 7.45. The Bertz CT molecular complexity index is 94.3. The molecule has 2 nitrogen and oxygen atoms in total. The zero-order valence-corrected chi connectivity index (χ0v) is 8.39. The minimum absolute atomic E-state index is 0.374. The van der Waals surface area contributed by atoms with E-state index in [1.807, 2.05) is 23.0 Å². The van der Waals surface area contributed by atoms with Crippen molar-refractivity contribution < 1.29 is 7.80 Å². The summed E-state index contributed by atoms with van der Waals surface area (Å²) in [6, 6.07) is 0. The van der Waals surface area contributed by atoms with E-state index < -0.39 is 0 Å². The monoisotopic (exact) mass is 256 g/mol. The Hall–Kier alpha value is 0.650. The van der Waals surface area contributed by atoms with Gasteiger partial charge in [0.1, 0.15) is 23.0 Å². The van der Waals surface area contributed by atoms with Crippen molar-refractivity contribution in [2.45, 2.75) is 19.8 Å². The lowest BCUT2D eigenvalue weighted by atomic mass is 9.84. The van der Waals surface area contributed by atoms with Gasteiger partial charge in [0.2, 0.25) is 0 Å². The van der Waals surface area contributed by atoms with Gasteiger partial charge in [-0.25, -0.2) is 0 Å². The van der Waals surface area contributed by atoms with E-state index in [1.54, 1.807) is 0 Å². The fourth-order valence-corrected chi connectivity index (χ4v) is 1.89. The van der Waals surface area contributed by atoms with E-state index >= 15 is 0 Å². The Morgan fingerprint density at radius 2 is 2.10 bits per heavy atom. The molecule has 0 bridgehead atoms. The van der Waals surface area contributed by atoms with Gasteiger partial charge in [-0.05, 0) is 18.3 Å². The summed E-state index contributed by atoms with van der Waals surface area (Å²) >= 11 is 1.96. The largest absolute Gasteiger partial charge is 0.381 e. The van der Waals surface area contributed by atoms with Gasteiger partial charge in [0, 0.05) is 13.2 Å². The second-order valence-electron chi connectivity index (χ2n) is 3.18. The maximum atomic E-state index is 5.25. The number of halogens is 1. The lowest BCUT2D eigenvalue weighted by molar-refractivity contribution is 0.00783. The molecule has 1 saturated heterocycles. The number of hydrogen-bond donors (Lipinski definition) is 0. The standard InChI is InChI=1S/C7H13IO2/c1-7(6-10-8)2-4-9-5-3-7/h2-6H2,1H3. The van der Waals surface area contributed by atoms with Gasteiger partial charge in [-0.15, -0.1) is 0 Å². The summed E-state index contributed by atoms with van der Waals surface area (Å²) in [6.07, 6.45) is 2.27. The Labute approximate surface area is 76.0 Å². The lowest BCUT2D eigenvalue weighted by Gasteiger charge is -2.31. The average Bonchev–Trinajstić information content (AvgIpc) is 1.89. The molecule has 1 aliphatic rings. The first-order valence-electron chi connectivity index (χ1n) is 3.58. The van der Waals surface area contributed by atoms with Crippen LogP contribution < -0.4 is 0 Å². The number of rotatable bonds is 2. The summed E-state index contributed by atoms with van der Waals surface area (Å²) in [5, 5.41) is 0. The van der Waals surface area contributed by atoms with E-state index in [2.05, 4.69) is 6.92 Å². The van der Waals surface area contributed by atoms with E-state index in [1.165, 1.54) is 0 Å². The van der Waals surface area contributed by atoms with Crippen molar-refractivity contribution in [1.29, 1.82) is 0 Å². The molecular formula is C7H13IO2. The molecule has 0 aromatic rings. The summed E-state index contributed by atoms with van der Waals surface area (Å²) in [5.74, 6) is 0. The molecule has 0 aliphatic carbocycles. The smallest absolute Gasteiger partial charge is 0.109 e. The normalized spacial score (nSPS) is 24.6. The zero-order valence-electron chi connectivity index (χ0n) is 6.23. The Balaban J connectivity index is 2.32. The summed E-state index contributed by atoms with van der Waals surface area (Å²) < 4.78 is 10.4. The van der Waals surface area contributed by atoms with Gasteiger partial charge in [-0.1, -0.05) is 6.92 Å². The minimum Gasteiger partial charge on any atom is -0.381 e. The topological polar surface area (TPSA) is 18.5 Å². The van der Waals surface area contributed by atoms with Gasteiger partial charge in [-0.3, -0.25) is 0 Å². The Kier molecular flexibility index (Phi) is 3.39. The predicted molar refractivity (Wildman–Crippen MR) is 48.1 cm³/mol. The van der Waals surface area contributed by atoms with Crippen molar-refractivity contribution in [2.24, 2.45) is 5.41 Å². The van der Waals surface area contributed by atoms with Crippen LogP contribution in [0.5, 0.6) is 0 Å². The molecule has 0 radical (unpaired) electrons. The Morgan fingerprint density at radius 1 is 1.50 bits per heavy atom. The van der Waals surface area contributed by atoms with E-state index in [9.17, 15) is 0 Å². The van der Waals surface area contributed by atoms with Gasteiger partial charge in [-0.2, -0.15) is 0 Å². The van der Waals surface area contributed by atoms with Crippen LogP contribution in [0.1, 0.15) is 19.8 Å². The van der Waals surface area contributed by atoms with Gasteiger partial charge < -0.3 is 7.80 Å². The highest BCUT2D eigenvalue weighted by Gasteiger charge is 2.27. The lowest BCUT2D eigenvalue weighted by Crippen LogP contribution is -2.29. The maximum absolute atomic E-state index is 5.25. The van der Waals surface area contributed by atoms with Crippen LogP contribution in [0.3, 0.4) is 0 Å². The molecule has 0 unspecified atom stereocenters. The van der Waals surface area contributed by atoms with Crippen LogP contribution in [-0.4, -0.2) is 19.8 Å². The summed E-state index contributed by atoms with van der Waals surface area (Å²) in [4.78, 5) is 0. The van der Waals surface area contributed by atoms with Crippen LogP contribution >= 0.6 is 23.0 Å². The molecule has 1 heterocycles. The van der Waals surface area contributed by atoms with Crippen LogP contribution in [0.2, 0.25) is 0 Å². The molecule has 1 aliphatic heterocycles. The van der Waals surface area contributed by atoms with Crippen molar-refractivity contribution in [1.82, 2.24) is 0 Å². The third-order valence-electron chi connectivity index (χ3n) is 2.10. The highest BCUT2D eigenvalue weighted by Crippen LogP contribution is 2.30. The van der Waals surface area contributed by atoms with Crippen LogP contribution in [-0.2, 0) is 7.80 Å². The molecule has 0 amide bonds. The summed E-state index contributed by atoms with van der Waals surface area (Å²) in [5.41, 5.74) is 0.374. The average molecular weight is 256 g/mol. The molecule has 0 spiro atoms. The quantitative estimate of drug-likeness (QED) is 0.705. The van der Waals surface area contributed by atoms with E-state index in [0.717, 1.165) is 32.7 Å². The van der Waals surface area contributed by atoms with Crippen LogP contribution in [0, 0.1) is 5.41 Å². The third-order valence-corrected chi connectivity index (χ3v) is 2.41. The van der Waals surface area contributed by atoms with Crippen LogP contribution in [0.15, 0.2) is 0 Å². The maximum Gasteiger partial charge on any atom is 0.109 e. The molecule has 0 aromatic carbocycles. The van der Waals surface area contributed by atoms with Crippen molar-refractivity contribution in [2.75, 3.05) is 19.8 Å². The first-order chi connectivity index (χ1) is 4.77. The van der Waals surface area contributed by atoms with E-state index in [4.69, 9.17) is 7.80 Å². The molecule has 3 heteroatoms. The minimum atomic E-state index is 0.374. The van der Waals surface area contributed by atoms with Crippen molar-refractivity contribution >= 4 is 23.0 Å². The fraction of sp³-hybridized carbons (Fsp3) is 1.00. The molecule has 1 rings (SSSR count). The molecule has 0 N–H and O–H groups in total. The van der Waals surface area contributed by atoms with Crippen LogP contribution in [0.25, 0.3) is 0 Å². The third kappa shape index (κ3) is 2.36. The molecule has 60 valence electrons. The molecule has 0 aromatic heterocycles. The van der Waals surface area contributed by atoms with Crippen molar-refractivity contribution in [3.63, 3.8) is 0 Å². The summed E-state index contributed by atoms with van der Waals surface area (Å²) in [7, 11) is 0. The SMILES string of the molecule is CC1(COI)CCOCC1. The Morgan fingerprint density at radius 3 is 2.60 bits per heavy atom. The highest BCUT2D eigenvalue weighted by atomic mass is 127. The first kappa shape index (κ1) is 8.74. The van der Waals surface area contributed by atoms with Crippen molar-refractivity contribution in [3.05, 3.63) is 0 Å². The molecule has 1 fully saturated rings. The van der Waals surface area contributed by atoms with Crippen LogP contribution in [0.4, 0.5) is 0 Å². The number of hydrogen-bond acceptors (Lipinski definition) is 2. The van der Waals surface area contributed by atoms with Gasteiger partial charge in [0.25, 0.3) is 0 Å². The van der Waals surface area contributed by atoms with Gasteiger partial charge in [0.15, 0.2) is 0 Å². The van der Waals surface area contributed by atoms with Gasteiger partial charge >= 0.3 is 0 Å². The van der Waals surface area contributed by atoms with Crippen molar-refractivity contribution in [3.8, 4) is 0 Å². The van der Waals surface area contributed by atoms with E-state index in [-0.39, 0.29) is 0 Å². The van der Waals surface area contributed by atoms with Gasteiger partial charge in [0.05, 0.1) is 6.61 Å². The molecule has 0 atom stereocenters. The molecule has 10 heavy (non-hydrogen) atoms. The fourth-order valence-electron chi connectivity index (χ4n) is 1.14. The molecule has 0 saturated carbocycles. The first-order valence-corrected chi connectivity index (χ1v) is 4.46. The predicted octanol–water partition coefficient (Wildman–Crippen LogP) is 2.17. The number of ether oxygens (including phenoxy) is 1. The summed E-state index contributed by atoms with van der Waals surface area (Å²) in [6.45, 7) is 4.91. The second-order valence-corrected chi connectivity index (χ2v) is 3.80.